The van der Waals surface area contributed by atoms with Gasteiger partial charge in [0.25, 0.3) is 0 Å². The maximum Gasteiger partial charge on any atom is 0.306 e. The van der Waals surface area contributed by atoms with E-state index >= 15 is 0 Å². The van der Waals surface area contributed by atoms with Gasteiger partial charge < -0.3 is 14.2 Å². The molecule has 66 heavy (non-hydrogen) atoms. The zero-order chi connectivity index (χ0) is 47.9. The molecule has 0 saturated carbocycles. The van der Waals surface area contributed by atoms with Crippen molar-refractivity contribution in [3.63, 3.8) is 0 Å². The lowest BCUT2D eigenvalue weighted by molar-refractivity contribution is -0.167. The molecule has 0 aromatic heterocycles. The number of ether oxygens (including phenoxy) is 3. The zero-order valence-corrected chi connectivity index (χ0v) is 43.2. The van der Waals surface area contributed by atoms with Crippen LogP contribution in [0.3, 0.4) is 0 Å². The van der Waals surface area contributed by atoms with E-state index in [0.29, 0.717) is 19.3 Å². The minimum Gasteiger partial charge on any atom is -0.462 e. The van der Waals surface area contributed by atoms with E-state index in [1.807, 2.05) is 0 Å². The summed E-state index contributed by atoms with van der Waals surface area (Å²) < 4.78 is 16.7. The number of esters is 3. The van der Waals surface area contributed by atoms with E-state index in [2.05, 4.69) is 106 Å². The van der Waals surface area contributed by atoms with Gasteiger partial charge in [-0.3, -0.25) is 14.4 Å². The van der Waals surface area contributed by atoms with E-state index in [1.165, 1.54) is 103 Å². The molecule has 0 aromatic carbocycles. The topological polar surface area (TPSA) is 78.9 Å². The van der Waals surface area contributed by atoms with Gasteiger partial charge in [0.1, 0.15) is 13.2 Å². The van der Waals surface area contributed by atoms with Crippen LogP contribution >= 0.6 is 0 Å². The molecule has 0 saturated heterocycles. The number of unbranched alkanes of at least 4 members (excludes halogenated alkanes) is 24. The summed E-state index contributed by atoms with van der Waals surface area (Å²) in [5, 5.41) is 0. The first-order chi connectivity index (χ1) is 32.5. The van der Waals surface area contributed by atoms with E-state index in [1.54, 1.807) is 0 Å². The van der Waals surface area contributed by atoms with Crippen molar-refractivity contribution in [1.82, 2.24) is 0 Å². The third kappa shape index (κ3) is 51.6. The van der Waals surface area contributed by atoms with Gasteiger partial charge in [-0.1, -0.05) is 234 Å². The number of carbonyl (C=O) groups is 3. The second kappa shape index (κ2) is 54.2. The Morgan fingerprint density at radius 2 is 0.621 bits per heavy atom. The molecule has 0 fully saturated rings. The van der Waals surface area contributed by atoms with E-state index < -0.39 is 6.10 Å². The average molecular weight is 919 g/mol. The van der Waals surface area contributed by atoms with Crippen LogP contribution in [0.15, 0.2) is 85.1 Å². The Balaban J connectivity index is 4.13. The van der Waals surface area contributed by atoms with Gasteiger partial charge in [0.15, 0.2) is 6.10 Å². The molecule has 0 aliphatic carbocycles. The molecule has 0 aliphatic heterocycles. The lowest BCUT2D eigenvalue weighted by Crippen LogP contribution is -2.30. The van der Waals surface area contributed by atoms with Crippen molar-refractivity contribution >= 4 is 17.9 Å². The highest BCUT2D eigenvalue weighted by Gasteiger charge is 2.19. The van der Waals surface area contributed by atoms with Crippen LogP contribution in [0.5, 0.6) is 0 Å². The molecule has 0 aliphatic rings. The molecule has 0 radical (unpaired) electrons. The lowest BCUT2D eigenvalue weighted by Gasteiger charge is -2.18. The molecule has 0 spiro atoms. The Morgan fingerprint density at radius 1 is 0.318 bits per heavy atom. The van der Waals surface area contributed by atoms with Crippen molar-refractivity contribution in [1.29, 1.82) is 0 Å². The van der Waals surface area contributed by atoms with Crippen molar-refractivity contribution in [2.75, 3.05) is 13.2 Å². The fraction of sp³-hybridized carbons (Fsp3) is 0.717. The van der Waals surface area contributed by atoms with Gasteiger partial charge in [-0.15, -0.1) is 0 Å². The molecule has 1 unspecified atom stereocenters. The normalized spacial score (nSPS) is 12.7. The SMILES string of the molecule is CC/C=C\C/C=C\C/C=C\C/C=C\C/C=C\C/C=C\CCCCCCCCCCCCC(=O)OCC(COC(=O)CCCCCCCCCCC)OC(=O)CCCCCCC/C=C\CCC. The summed E-state index contributed by atoms with van der Waals surface area (Å²) in [4.78, 5) is 37.8. The molecular weight excluding hydrogens is 817 g/mol. The fourth-order valence-electron chi connectivity index (χ4n) is 7.51. The number of carbonyl (C=O) groups excluding carboxylic acids is 3. The third-order valence-corrected chi connectivity index (χ3v) is 11.6. The maximum atomic E-state index is 12.7. The predicted octanol–water partition coefficient (Wildman–Crippen LogP) is 18.4. The fourth-order valence-corrected chi connectivity index (χ4v) is 7.51. The summed E-state index contributed by atoms with van der Waals surface area (Å²) >= 11 is 0. The van der Waals surface area contributed by atoms with Crippen molar-refractivity contribution < 1.29 is 28.6 Å². The summed E-state index contributed by atoms with van der Waals surface area (Å²) in [5.41, 5.74) is 0. The van der Waals surface area contributed by atoms with Crippen LogP contribution in [0.4, 0.5) is 0 Å². The summed E-state index contributed by atoms with van der Waals surface area (Å²) in [6.07, 6.45) is 70.2. The molecule has 0 amide bonds. The molecule has 0 heterocycles. The summed E-state index contributed by atoms with van der Waals surface area (Å²) in [7, 11) is 0. The van der Waals surface area contributed by atoms with Crippen LogP contribution in [0.25, 0.3) is 0 Å². The van der Waals surface area contributed by atoms with Gasteiger partial charge in [0.05, 0.1) is 0 Å². The summed E-state index contributed by atoms with van der Waals surface area (Å²) in [5.74, 6) is -0.896. The number of rotatable bonds is 49. The van der Waals surface area contributed by atoms with Gasteiger partial charge in [-0.2, -0.15) is 0 Å². The Hall–Kier alpha value is -3.41. The lowest BCUT2D eigenvalue weighted by atomic mass is 10.1. The number of allylic oxidation sites excluding steroid dienone is 14. The highest BCUT2D eigenvalue weighted by atomic mass is 16.6. The molecule has 0 rings (SSSR count). The van der Waals surface area contributed by atoms with Gasteiger partial charge in [0.2, 0.25) is 0 Å². The van der Waals surface area contributed by atoms with Gasteiger partial charge in [-0.25, -0.2) is 0 Å². The average Bonchev–Trinajstić information content (AvgIpc) is 3.31. The number of hydrogen-bond donors (Lipinski definition) is 0. The van der Waals surface area contributed by atoms with Crippen LogP contribution in [-0.2, 0) is 28.6 Å². The predicted molar refractivity (Wildman–Crippen MR) is 284 cm³/mol. The molecular formula is C60H102O6. The van der Waals surface area contributed by atoms with Crippen molar-refractivity contribution in [3.05, 3.63) is 85.1 Å². The maximum absolute atomic E-state index is 12.7. The second-order valence-corrected chi connectivity index (χ2v) is 18.1. The molecule has 0 N–H and O–H groups in total. The third-order valence-electron chi connectivity index (χ3n) is 11.6. The van der Waals surface area contributed by atoms with Crippen LogP contribution < -0.4 is 0 Å². The Labute approximate surface area is 407 Å². The first-order valence-corrected chi connectivity index (χ1v) is 27.6. The largest absolute Gasteiger partial charge is 0.462 e. The van der Waals surface area contributed by atoms with Crippen molar-refractivity contribution in [2.45, 2.75) is 264 Å². The van der Waals surface area contributed by atoms with Crippen LogP contribution in [0.2, 0.25) is 0 Å². The van der Waals surface area contributed by atoms with Crippen LogP contribution in [-0.4, -0.2) is 37.2 Å². The van der Waals surface area contributed by atoms with E-state index in [9.17, 15) is 14.4 Å². The summed E-state index contributed by atoms with van der Waals surface area (Å²) in [6, 6.07) is 0. The Morgan fingerprint density at radius 3 is 1.00 bits per heavy atom. The van der Waals surface area contributed by atoms with Gasteiger partial charge in [0, 0.05) is 19.3 Å². The highest BCUT2D eigenvalue weighted by Crippen LogP contribution is 2.15. The summed E-state index contributed by atoms with van der Waals surface area (Å²) in [6.45, 7) is 6.43. The zero-order valence-electron chi connectivity index (χ0n) is 43.2. The van der Waals surface area contributed by atoms with Gasteiger partial charge >= 0.3 is 17.9 Å². The minimum absolute atomic E-state index is 0.0791. The first-order valence-electron chi connectivity index (χ1n) is 27.6. The van der Waals surface area contributed by atoms with Gasteiger partial charge in [-0.05, 0) is 89.9 Å². The molecule has 0 bridgehead atoms. The van der Waals surface area contributed by atoms with Crippen molar-refractivity contribution in [2.24, 2.45) is 0 Å². The molecule has 1 atom stereocenters. The first kappa shape index (κ1) is 62.6. The smallest absolute Gasteiger partial charge is 0.306 e. The highest BCUT2D eigenvalue weighted by molar-refractivity contribution is 5.71. The van der Waals surface area contributed by atoms with E-state index in [4.69, 9.17) is 14.2 Å². The molecule has 378 valence electrons. The van der Waals surface area contributed by atoms with E-state index in [0.717, 1.165) is 116 Å². The van der Waals surface area contributed by atoms with Crippen LogP contribution in [0, 0.1) is 0 Å². The number of hydrogen-bond acceptors (Lipinski definition) is 6. The second-order valence-electron chi connectivity index (χ2n) is 18.1. The standard InChI is InChI=1S/C60H102O6/c1-4-7-10-13-16-19-21-22-23-24-25-26-27-28-29-30-31-32-33-34-35-36-37-38-39-42-44-47-50-53-59(62)65-56-57(55-64-58(61)52-49-46-43-40-18-15-12-9-6-3)66-60(63)54-51-48-45-41-20-17-14-11-8-5-2/h7,10-11,14,16,19,22-23,25-26,28-29,31-32,57H,4-6,8-9,12-13,15,17-18,20-21,24,27,30,33-56H2,1-3H3/b10-7-,14-11-,19-16-,23-22-,26-25-,29-28-,32-31-. The molecule has 6 heteroatoms. The quantitative estimate of drug-likeness (QED) is 0.0262. The monoisotopic (exact) mass is 919 g/mol. The molecule has 6 nitrogen and oxygen atoms in total. The minimum atomic E-state index is -0.778. The molecule has 0 aromatic rings. The Bertz CT molecular complexity index is 1290. The van der Waals surface area contributed by atoms with Crippen molar-refractivity contribution in [3.8, 4) is 0 Å². The van der Waals surface area contributed by atoms with E-state index in [-0.39, 0.29) is 31.1 Å². The Kier molecular flexibility index (Phi) is 51.4. The van der Waals surface area contributed by atoms with Crippen LogP contribution in [0.1, 0.15) is 258 Å².